The smallest absolute Gasteiger partial charge is 0.311 e. The summed E-state index contributed by atoms with van der Waals surface area (Å²) in [6.07, 6.45) is 3.02. The molecular formula is C25H25NO5. The number of nitrogens with zero attached hydrogens (tertiary/aromatic N) is 1. The standard InChI is InChI=1S/C25H25NO5/c1-16-5-4-8-23(16)31-25-21(20-11-10-18-6-2-3-7-19(18)15-20)13-17(9-12-24(27)28)14-22(25)26(29)30/h2-3,6-7,10-11,13-16,23H,4-5,8-9,12H2,1H3,(H,27,28). The Morgan fingerprint density at radius 1 is 1.13 bits per heavy atom. The molecule has 2 atom stereocenters. The van der Waals surface area contributed by atoms with Crippen LogP contribution in [0.4, 0.5) is 5.69 Å². The Bertz CT molecular complexity index is 1140. The lowest BCUT2D eigenvalue weighted by Crippen LogP contribution is -2.20. The van der Waals surface area contributed by atoms with Gasteiger partial charge in [-0.1, -0.05) is 43.3 Å². The van der Waals surface area contributed by atoms with E-state index in [0.717, 1.165) is 35.6 Å². The molecule has 0 saturated heterocycles. The number of fused-ring (bicyclic) bond motifs is 1. The number of rotatable bonds is 7. The fourth-order valence-electron chi connectivity index (χ4n) is 4.34. The summed E-state index contributed by atoms with van der Waals surface area (Å²) >= 11 is 0. The van der Waals surface area contributed by atoms with Gasteiger partial charge in [-0.2, -0.15) is 0 Å². The van der Waals surface area contributed by atoms with Gasteiger partial charge in [0.2, 0.25) is 5.75 Å². The van der Waals surface area contributed by atoms with Crippen LogP contribution in [0.3, 0.4) is 0 Å². The van der Waals surface area contributed by atoms with Crippen molar-refractivity contribution in [2.75, 3.05) is 0 Å². The minimum absolute atomic E-state index is 0.0669. The van der Waals surface area contributed by atoms with E-state index in [9.17, 15) is 14.9 Å². The molecule has 4 rings (SSSR count). The molecule has 0 aliphatic heterocycles. The molecule has 1 saturated carbocycles. The van der Waals surface area contributed by atoms with Gasteiger partial charge in [0.25, 0.3) is 0 Å². The Kier molecular flexibility index (Phi) is 5.89. The first-order valence-corrected chi connectivity index (χ1v) is 10.6. The van der Waals surface area contributed by atoms with E-state index < -0.39 is 10.9 Å². The van der Waals surface area contributed by atoms with Crippen LogP contribution in [-0.4, -0.2) is 22.1 Å². The Balaban J connectivity index is 1.87. The Morgan fingerprint density at radius 2 is 1.90 bits per heavy atom. The number of hydrogen-bond acceptors (Lipinski definition) is 4. The van der Waals surface area contributed by atoms with Crippen LogP contribution in [0.25, 0.3) is 21.9 Å². The summed E-state index contributed by atoms with van der Waals surface area (Å²) in [5.74, 6) is -0.330. The predicted octanol–water partition coefficient (Wildman–Crippen LogP) is 6.00. The van der Waals surface area contributed by atoms with Crippen LogP contribution in [0.1, 0.15) is 38.2 Å². The van der Waals surface area contributed by atoms with Crippen molar-refractivity contribution in [3.8, 4) is 16.9 Å². The van der Waals surface area contributed by atoms with E-state index in [1.807, 2.05) is 48.5 Å². The average Bonchev–Trinajstić information content (AvgIpc) is 3.16. The van der Waals surface area contributed by atoms with Crippen LogP contribution in [-0.2, 0) is 11.2 Å². The van der Waals surface area contributed by atoms with Crippen LogP contribution < -0.4 is 4.74 Å². The molecule has 1 aliphatic carbocycles. The number of benzene rings is 3. The third kappa shape index (κ3) is 4.53. The number of carboxylic acid groups (broad SMARTS) is 1. The number of aryl methyl sites for hydroxylation is 1. The summed E-state index contributed by atoms with van der Waals surface area (Å²) in [6, 6.07) is 17.2. The number of ether oxygens (including phenoxy) is 1. The first-order chi connectivity index (χ1) is 14.9. The van der Waals surface area contributed by atoms with Gasteiger partial charge in [-0.15, -0.1) is 0 Å². The number of nitro groups is 1. The van der Waals surface area contributed by atoms with E-state index in [2.05, 4.69) is 6.92 Å². The number of carbonyl (C=O) groups is 1. The van der Waals surface area contributed by atoms with Gasteiger partial charge in [0.15, 0.2) is 0 Å². The van der Waals surface area contributed by atoms with E-state index in [4.69, 9.17) is 9.84 Å². The molecule has 1 fully saturated rings. The van der Waals surface area contributed by atoms with Gasteiger partial charge >= 0.3 is 11.7 Å². The summed E-state index contributed by atoms with van der Waals surface area (Å²) in [5, 5.41) is 23.2. The zero-order valence-electron chi connectivity index (χ0n) is 17.4. The topological polar surface area (TPSA) is 89.7 Å². The second kappa shape index (κ2) is 8.76. The van der Waals surface area contributed by atoms with E-state index in [1.165, 1.54) is 6.07 Å². The maximum atomic E-state index is 12.0. The lowest BCUT2D eigenvalue weighted by atomic mass is 9.96. The van der Waals surface area contributed by atoms with Gasteiger partial charge in [-0.25, -0.2) is 0 Å². The molecule has 0 heterocycles. The second-order valence-electron chi connectivity index (χ2n) is 8.27. The molecular weight excluding hydrogens is 394 g/mol. The van der Waals surface area contributed by atoms with Crippen molar-refractivity contribution in [2.45, 2.75) is 45.1 Å². The molecule has 0 amide bonds. The molecule has 0 spiro atoms. The normalized spacial score (nSPS) is 18.2. The highest BCUT2D eigenvalue weighted by Crippen LogP contribution is 2.43. The molecule has 2 unspecified atom stereocenters. The lowest BCUT2D eigenvalue weighted by molar-refractivity contribution is -0.386. The third-order valence-electron chi connectivity index (χ3n) is 6.07. The lowest BCUT2D eigenvalue weighted by Gasteiger charge is -2.21. The summed E-state index contributed by atoms with van der Waals surface area (Å²) < 4.78 is 6.30. The summed E-state index contributed by atoms with van der Waals surface area (Å²) in [6.45, 7) is 2.11. The fraction of sp³-hybridized carbons (Fsp3) is 0.320. The minimum Gasteiger partial charge on any atom is -0.483 e. The fourth-order valence-corrected chi connectivity index (χ4v) is 4.34. The second-order valence-corrected chi connectivity index (χ2v) is 8.27. The Morgan fingerprint density at radius 3 is 2.58 bits per heavy atom. The molecule has 0 aromatic heterocycles. The quantitative estimate of drug-likeness (QED) is 0.375. The molecule has 6 heteroatoms. The zero-order chi connectivity index (χ0) is 22.0. The molecule has 0 bridgehead atoms. The van der Waals surface area contributed by atoms with Crippen molar-refractivity contribution in [3.63, 3.8) is 0 Å². The molecule has 160 valence electrons. The van der Waals surface area contributed by atoms with Gasteiger partial charge < -0.3 is 9.84 Å². The highest BCUT2D eigenvalue weighted by atomic mass is 16.6. The van der Waals surface area contributed by atoms with Crippen molar-refractivity contribution in [1.82, 2.24) is 0 Å². The van der Waals surface area contributed by atoms with E-state index in [0.29, 0.717) is 17.0 Å². The van der Waals surface area contributed by atoms with Gasteiger partial charge in [-0.05, 0) is 65.6 Å². The minimum atomic E-state index is -0.935. The van der Waals surface area contributed by atoms with Crippen LogP contribution in [0, 0.1) is 16.0 Å². The first kappa shape index (κ1) is 20.8. The van der Waals surface area contributed by atoms with Crippen molar-refractivity contribution in [1.29, 1.82) is 0 Å². The number of hydrogen-bond donors (Lipinski definition) is 1. The van der Waals surface area contributed by atoms with Gasteiger partial charge in [0, 0.05) is 18.1 Å². The SMILES string of the molecule is CC1CCCC1Oc1c(-c2ccc3ccccc3c2)cc(CCC(=O)O)cc1[N+](=O)[O-]. The van der Waals surface area contributed by atoms with Crippen LogP contribution in [0.15, 0.2) is 54.6 Å². The Hall–Kier alpha value is -3.41. The third-order valence-corrected chi connectivity index (χ3v) is 6.07. The van der Waals surface area contributed by atoms with Crippen molar-refractivity contribution in [2.24, 2.45) is 5.92 Å². The van der Waals surface area contributed by atoms with Crippen LogP contribution in [0.2, 0.25) is 0 Å². The molecule has 31 heavy (non-hydrogen) atoms. The Labute approximate surface area is 180 Å². The summed E-state index contributed by atoms with van der Waals surface area (Å²) in [5.41, 5.74) is 1.97. The summed E-state index contributed by atoms with van der Waals surface area (Å²) in [7, 11) is 0. The van der Waals surface area contributed by atoms with E-state index in [1.54, 1.807) is 0 Å². The molecule has 3 aromatic rings. The van der Waals surface area contributed by atoms with E-state index >= 15 is 0 Å². The predicted molar refractivity (Wildman–Crippen MR) is 119 cm³/mol. The molecule has 0 radical (unpaired) electrons. The molecule has 6 nitrogen and oxygen atoms in total. The largest absolute Gasteiger partial charge is 0.483 e. The highest BCUT2D eigenvalue weighted by Gasteiger charge is 2.30. The van der Waals surface area contributed by atoms with Crippen LogP contribution >= 0.6 is 0 Å². The van der Waals surface area contributed by atoms with Crippen LogP contribution in [0.5, 0.6) is 5.75 Å². The van der Waals surface area contributed by atoms with Crippen molar-refractivity contribution >= 4 is 22.4 Å². The van der Waals surface area contributed by atoms with Crippen molar-refractivity contribution < 1.29 is 19.6 Å². The monoisotopic (exact) mass is 419 g/mol. The maximum Gasteiger partial charge on any atom is 0.311 e. The average molecular weight is 419 g/mol. The number of nitro benzene ring substituents is 1. The van der Waals surface area contributed by atoms with Gasteiger partial charge in [0.1, 0.15) is 6.10 Å². The highest BCUT2D eigenvalue weighted by molar-refractivity contribution is 5.89. The zero-order valence-corrected chi connectivity index (χ0v) is 17.4. The number of carboxylic acids is 1. The first-order valence-electron chi connectivity index (χ1n) is 10.6. The maximum absolute atomic E-state index is 12.0. The van der Waals surface area contributed by atoms with Crippen molar-refractivity contribution in [3.05, 3.63) is 70.3 Å². The number of aliphatic carboxylic acids is 1. The summed E-state index contributed by atoms with van der Waals surface area (Å²) in [4.78, 5) is 22.6. The molecule has 1 N–H and O–H groups in total. The molecule has 1 aliphatic rings. The molecule has 3 aromatic carbocycles. The van der Waals surface area contributed by atoms with Gasteiger partial charge in [-0.3, -0.25) is 14.9 Å². The van der Waals surface area contributed by atoms with E-state index in [-0.39, 0.29) is 30.4 Å². The van der Waals surface area contributed by atoms with Gasteiger partial charge in [0.05, 0.1) is 4.92 Å².